The van der Waals surface area contributed by atoms with Gasteiger partial charge in [0.15, 0.2) is 0 Å². The molecule has 5 heteroatoms. The number of carbonyl (C=O) groups excluding carboxylic acids is 2. The van der Waals surface area contributed by atoms with Crippen molar-refractivity contribution in [3.63, 3.8) is 0 Å². The van der Waals surface area contributed by atoms with Crippen molar-refractivity contribution in [3.8, 4) is 0 Å². The van der Waals surface area contributed by atoms with Gasteiger partial charge >= 0.3 is 11.9 Å². The zero-order chi connectivity index (χ0) is 17.5. The highest BCUT2D eigenvalue weighted by Crippen LogP contribution is 2.42. The van der Waals surface area contributed by atoms with Gasteiger partial charge in [0, 0.05) is 12.2 Å². The van der Waals surface area contributed by atoms with Crippen LogP contribution in [0.2, 0.25) is 16.6 Å². The van der Waals surface area contributed by atoms with Gasteiger partial charge in [-0.2, -0.15) is 0 Å². The summed E-state index contributed by atoms with van der Waals surface area (Å²) in [6.07, 6.45) is 2.35. The summed E-state index contributed by atoms with van der Waals surface area (Å²) in [7, 11) is -2.25. The number of carbonyl (C=O) groups is 2. The first-order valence-electron chi connectivity index (χ1n) is 8.11. The lowest BCUT2D eigenvalue weighted by atomic mass is 10.2. The van der Waals surface area contributed by atoms with E-state index >= 15 is 0 Å². The summed E-state index contributed by atoms with van der Waals surface area (Å²) in [4.78, 5) is 23.6. The number of ether oxygens (including phenoxy) is 1. The van der Waals surface area contributed by atoms with Crippen LogP contribution in [0.3, 0.4) is 0 Å². The molecule has 0 unspecified atom stereocenters. The van der Waals surface area contributed by atoms with E-state index in [0.29, 0.717) is 23.2 Å². The van der Waals surface area contributed by atoms with Crippen LogP contribution in [0.25, 0.3) is 0 Å². The van der Waals surface area contributed by atoms with Gasteiger partial charge in [-0.3, -0.25) is 0 Å². The molecule has 0 aliphatic rings. The maximum absolute atomic E-state index is 12.1. The number of esters is 1. The molecule has 0 aromatic carbocycles. The van der Waals surface area contributed by atoms with Crippen LogP contribution in [0.4, 0.5) is 0 Å². The fourth-order valence-corrected chi connectivity index (χ4v) is 8.12. The van der Waals surface area contributed by atoms with E-state index in [2.05, 4.69) is 41.5 Å². The van der Waals surface area contributed by atoms with Crippen molar-refractivity contribution in [2.24, 2.45) is 5.92 Å². The Balaban J connectivity index is 4.88. The van der Waals surface area contributed by atoms with Gasteiger partial charge in [0.2, 0.25) is 0 Å². The molecule has 4 nitrogen and oxygen atoms in total. The Morgan fingerprint density at radius 3 is 1.59 bits per heavy atom. The monoisotopic (exact) mass is 328 g/mol. The van der Waals surface area contributed by atoms with E-state index < -0.39 is 20.3 Å². The average Bonchev–Trinajstić information content (AvgIpc) is 2.38. The van der Waals surface area contributed by atoms with Gasteiger partial charge in [0.05, 0.1) is 6.61 Å². The molecule has 0 fully saturated rings. The minimum Gasteiger partial charge on any atom is -0.515 e. The lowest BCUT2D eigenvalue weighted by Gasteiger charge is -2.40. The zero-order valence-electron chi connectivity index (χ0n) is 15.3. The van der Waals surface area contributed by atoms with Crippen molar-refractivity contribution in [2.45, 2.75) is 72.0 Å². The summed E-state index contributed by atoms with van der Waals surface area (Å²) in [6, 6.07) is 0. The minimum absolute atomic E-state index is 0.271. The Labute approximate surface area is 136 Å². The van der Waals surface area contributed by atoms with Crippen molar-refractivity contribution < 1.29 is 18.8 Å². The molecule has 0 radical (unpaired) electrons. The predicted molar refractivity (Wildman–Crippen MR) is 92.1 cm³/mol. The van der Waals surface area contributed by atoms with Gasteiger partial charge in [0.1, 0.15) is 0 Å². The molecule has 0 rings (SSSR count). The van der Waals surface area contributed by atoms with Crippen LogP contribution in [-0.4, -0.2) is 26.9 Å². The highest BCUT2D eigenvalue weighted by atomic mass is 28.4. The van der Waals surface area contributed by atoms with Gasteiger partial charge < -0.3 is 9.16 Å². The molecule has 0 amide bonds. The van der Waals surface area contributed by atoms with Gasteiger partial charge in [-0.05, 0) is 22.5 Å². The normalized spacial score (nSPS) is 12.7. The lowest BCUT2D eigenvalue weighted by molar-refractivity contribution is -0.139. The topological polar surface area (TPSA) is 52.6 Å². The number of hydrogen-bond acceptors (Lipinski definition) is 4. The molecule has 0 aromatic heterocycles. The van der Waals surface area contributed by atoms with Crippen LogP contribution in [0.5, 0.6) is 0 Å². The fourth-order valence-electron chi connectivity index (χ4n) is 2.99. The van der Waals surface area contributed by atoms with Crippen molar-refractivity contribution in [2.75, 3.05) is 6.61 Å². The molecule has 0 aliphatic carbocycles. The zero-order valence-corrected chi connectivity index (χ0v) is 16.3. The minimum atomic E-state index is -2.25. The summed E-state index contributed by atoms with van der Waals surface area (Å²) in [6.45, 7) is 16.9. The molecule has 0 aromatic rings. The smallest absolute Gasteiger partial charge is 0.331 e. The van der Waals surface area contributed by atoms with Gasteiger partial charge in [-0.1, -0.05) is 55.4 Å². The summed E-state index contributed by atoms with van der Waals surface area (Å²) in [5, 5.41) is 0. The van der Waals surface area contributed by atoms with E-state index in [0.717, 1.165) is 6.08 Å². The first kappa shape index (κ1) is 20.9. The van der Waals surface area contributed by atoms with Crippen molar-refractivity contribution >= 4 is 20.3 Å². The highest BCUT2D eigenvalue weighted by molar-refractivity contribution is 6.79. The van der Waals surface area contributed by atoms with Crippen LogP contribution < -0.4 is 0 Å². The molecule has 0 bridgehead atoms. The molecule has 0 saturated carbocycles. The molecule has 0 spiro atoms. The van der Waals surface area contributed by atoms with E-state index in [4.69, 9.17) is 9.16 Å². The maximum Gasteiger partial charge on any atom is 0.331 e. The molecule has 22 heavy (non-hydrogen) atoms. The largest absolute Gasteiger partial charge is 0.515 e. The third kappa shape index (κ3) is 5.95. The van der Waals surface area contributed by atoms with Gasteiger partial charge in [-0.25, -0.2) is 9.59 Å². The molecular formula is C17H32O4Si. The Morgan fingerprint density at radius 2 is 1.23 bits per heavy atom. The second-order valence-electron chi connectivity index (χ2n) is 7.10. The van der Waals surface area contributed by atoms with Crippen LogP contribution >= 0.6 is 0 Å². The second kappa shape index (κ2) is 9.13. The molecular weight excluding hydrogens is 296 g/mol. The third-order valence-electron chi connectivity index (χ3n) is 3.90. The van der Waals surface area contributed by atoms with E-state index in [-0.39, 0.29) is 5.92 Å². The molecule has 0 atom stereocenters. The quantitative estimate of drug-likeness (QED) is 0.375. The molecule has 0 N–H and O–H groups in total. The SMILES string of the molecule is CC(C)COC(=O)C=CC(=O)O[Si](C(C)C)(C(C)C)C(C)C. The average molecular weight is 329 g/mol. The van der Waals surface area contributed by atoms with Crippen molar-refractivity contribution in [1.82, 2.24) is 0 Å². The maximum atomic E-state index is 12.1. The summed E-state index contributed by atoms with van der Waals surface area (Å²) in [5.41, 5.74) is 0.952. The molecule has 0 aliphatic heterocycles. The molecule has 128 valence electrons. The highest BCUT2D eigenvalue weighted by Gasteiger charge is 2.47. The lowest BCUT2D eigenvalue weighted by Crippen LogP contribution is -2.49. The standard InChI is InChI=1S/C17H32O4Si/c1-12(2)11-20-16(18)9-10-17(19)21-22(13(3)4,14(5)6)15(7)8/h9-10,12-15H,11H2,1-8H3. The first-order chi connectivity index (χ1) is 10.0. The van der Waals surface area contributed by atoms with Crippen LogP contribution in [0, 0.1) is 5.92 Å². The summed E-state index contributed by atoms with van der Waals surface area (Å²) in [5.74, 6) is -0.673. The van der Waals surface area contributed by atoms with Crippen LogP contribution in [0.15, 0.2) is 12.2 Å². The summed E-state index contributed by atoms with van der Waals surface area (Å²) >= 11 is 0. The number of hydrogen-bond donors (Lipinski definition) is 0. The molecule has 0 saturated heterocycles. The first-order valence-corrected chi connectivity index (χ1v) is 10.3. The Hall–Kier alpha value is -1.10. The molecule has 0 heterocycles. The summed E-state index contributed by atoms with van der Waals surface area (Å²) < 4.78 is 10.9. The Morgan fingerprint density at radius 1 is 0.818 bits per heavy atom. The number of rotatable bonds is 8. The van der Waals surface area contributed by atoms with Crippen LogP contribution in [0.1, 0.15) is 55.4 Å². The predicted octanol–water partition coefficient (Wildman–Crippen LogP) is 4.46. The third-order valence-corrected chi connectivity index (χ3v) is 9.87. The Kier molecular flexibility index (Phi) is 8.67. The van der Waals surface area contributed by atoms with Gasteiger partial charge in [-0.15, -0.1) is 0 Å². The van der Waals surface area contributed by atoms with E-state index in [1.165, 1.54) is 6.08 Å². The van der Waals surface area contributed by atoms with E-state index in [1.54, 1.807) is 0 Å². The fraction of sp³-hybridized carbons (Fsp3) is 0.765. The van der Waals surface area contributed by atoms with E-state index in [1.807, 2.05) is 13.8 Å². The van der Waals surface area contributed by atoms with Crippen LogP contribution in [-0.2, 0) is 18.8 Å². The second-order valence-corrected chi connectivity index (χ2v) is 12.5. The van der Waals surface area contributed by atoms with E-state index in [9.17, 15) is 9.59 Å². The van der Waals surface area contributed by atoms with Crippen molar-refractivity contribution in [1.29, 1.82) is 0 Å². The van der Waals surface area contributed by atoms with Crippen molar-refractivity contribution in [3.05, 3.63) is 12.2 Å². The van der Waals surface area contributed by atoms with Gasteiger partial charge in [0.25, 0.3) is 8.32 Å². The Bertz CT molecular complexity index is 376.